The molecule has 1 aliphatic carbocycles. The van der Waals surface area contributed by atoms with Crippen LogP contribution in [-0.4, -0.2) is 52.2 Å². The Morgan fingerprint density at radius 1 is 1.25 bits per heavy atom. The van der Waals surface area contributed by atoms with Crippen LogP contribution in [0.3, 0.4) is 0 Å². The van der Waals surface area contributed by atoms with Crippen LogP contribution in [0.15, 0.2) is 17.0 Å². The van der Waals surface area contributed by atoms with Crippen LogP contribution in [0.25, 0.3) is 0 Å². The van der Waals surface area contributed by atoms with Gasteiger partial charge in [-0.25, -0.2) is 8.42 Å². The third-order valence-corrected chi connectivity index (χ3v) is 6.08. The first kappa shape index (κ1) is 20.3. The summed E-state index contributed by atoms with van der Waals surface area (Å²) in [5, 5.41) is 11.4. The largest absolute Gasteiger partial charge is 0.298 e. The number of hydrogen-bond donors (Lipinski definition) is 0. The summed E-state index contributed by atoms with van der Waals surface area (Å²) >= 11 is 6.39. The van der Waals surface area contributed by atoms with Crippen molar-refractivity contribution in [2.24, 2.45) is 5.92 Å². The molecule has 0 bridgehead atoms. The Bertz CT molecular complexity index is 1080. The molecule has 148 valence electrons. The van der Waals surface area contributed by atoms with Gasteiger partial charge in [0, 0.05) is 30.2 Å². The van der Waals surface area contributed by atoms with Gasteiger partial charge in [0.1, 0.15) is 5.92 Å². The van der Waals surface area contributed by atoms with Crippen molar-refractivity contribution < 1.29 is 22.8 Å². The van der Waals surface area contributed by atoms with E-state index in [4.69, 9.17) is 11.6 Å². The van der Waals surface area contributed by atoms with Crippen molar-refractivity contribution >= 4 is 38.8 Å². The van der Waals surface area contributed by atoms with E-state index in [-0.39, 0.29) is 40.4 Å². The number of rotatable bonds is 5. The van der Waals surface area contributed by atoms with Crippen LogP contribution in [-0.2, 0) is 26.0 Å². The van der Waals surface area contributed by atoms with Crippen LogP contribution in [0, 0.1) is 12.8 Å². The number of aromatic nitrogens is 4. The van der Waals surface area contributed by atoms with Crippen LogP contribution in [0.1, 0.15) is 41.0 Å². The first-order valence-corrected chi connectivity index (χ1v) is 10.7. The van der Waals surface area contributed by atoms with Crippen LogP contribution < -0.4 is 0 Å². The van der Waals surface area contributed by atoms with Crippen LogP contribution in [0.2, 0.25) is 5.02 Å². The molecule has 3 rings (SSSR count). The number of sulfone groups is 1. The number of nitrogens with zero attached hydrogens (tertiary/aromatic N) is 4. The minimum Gasteiger partial charge on any atom is -0.298 e. The summed E-state index contributed by atoms with van der Waals surface area (Å²) in [6.45, 7) is 1.47. The van der Waals surface area contributed by atoms with Gasteiger partial charge in [-0.15, -0.1) is 10.2 Å². The molecule has 1 aromatic heterocycles. The molecule has 0 saturated heterocycles. The van der Waals surface area contributed by atoms with E-state index < -0.39 is 33.1 Å². The normalized spacial score (nSPS) is 15.8. The predicted octanol–water partition coefficient (Wildman–Crippen LogP) is 1.21. The highest BCUT2D eigenvalue weighted by Crippen LogP contribution is 2.32. The average molecular weight is 425 g/mol. The molecule has 0 spiro atoms. The summed E-state index contributed by atoms with van der Waals surface area (Å²) in [5.74, 6) is -2.62. The van der Waals surface area contributed by atoms with Crippen molar-refractivity contribution in [2.75, 3.05) is 6.26 Å². The van der Waals surface area contributed by atoms with Crippen molar-refractivity contribution in [1.82, 2.24) is 20.2 Å². The van der Waals surface area contributed by atoms with Gasteiger partial charge in [0.15, 0.2) is 33.0 Å². The summed E-state index contributed by atoms with van der Waals surface area (Å²) in [5.41, 5.74) is 0.0256. The van der Waals surface area contributed by atoms with Crippen molar-refractivity contribution in [1.29, 1.82) is 0 Å². The Balaban J connectivity index is 2.10. The number of benzene rings is 1. The zero-order chi connectivity index (χ0) is 20.6. The fourth-order valence-electron chi connectivity index (χ4n) is 3.17. The Kier molecular flexibility index (Phi) is 5.44. The maximum absolute atomic E-state index is 12.9. The summed E-state index contributed by atoms with van der Waals surface area (Å²) in [7, 11) is -3.68. The number of halogens is 1. The second-order valence-electron chi connectivity index (χ2n) is 6.63. The molecule has 0 unspecified atom stereocenters. The lowest BCUT2D eigenvalue weighted by atomic mass is 9.81. The van der Waals surface area contributed by atoms with Crippen LogP contribution >= 0.6 is 11.6 Å². The Hall–Kier alpha value is -2.46. The zero-order valence-corrected chi connectivity index (χ0v) is 16.7. The van der Waals surface area contributed by atoms with Gasteiger partial charge in [0.05, 0.1) is 16.5 Å². The summed E-state index contributed by atoms with van der Waals surface area (Å²) in [6, 6.07) is 2.48. The lowest BCUT2D eigenvalue weighted by Gasteiger charge is -2.20. The molecule has 2 aromatic rings. The van der Waals surface area contributed by atoms with E-state index in [0.717, 1.165) is 11.1 Å². The van der Waals surface area contributed by atoms with E-state index in [1.54, 1.807) is 6.92 Å². The Morgan fingerprint density at radius 2 is 1.89 bits per heavy atom. The van der Waals surface area contributed by atoms with Crippen molar-refractivity contribution in [3.05, 3.63) is 34.1 Å². The lowest BCUT2D eigenvalue weighted by Crippen LogP contribution is -2.35. The maximum atomic E-state index is 12.9. The molecule has 1 heterocycles. The fourth-order valence-corrected chi connectivity index (χ4v) is 4.48. The maximum Gasteiger partial charge on any atom is 0.182 e. The second kappa shape index (κ2) is 7.51. The third-order valence-electron chi connectivity index (χ3n) is 4.47. The molecule has 11 heteroatoms. The van der Waals surface area contributed by atoms with Gasteiger partial charge >= 0.3 is 0 Å². The summed E-state index contributed by atoms with van der Waals surface area (Å²) in [4.78, 5) is 38.2. The molecule has 28 heavy (non-hydrogen) atoms. The number of aryl methyl sites for hydroxylation is 1. The topological polar surface area (TPSA) is 129 Å². The van der Waals surface area contributed by atoms with Gasteiger partial charge in [-0.3, -0.25) is 14.4 Å². The molecule has 0 aliphatic heterocycles. The van der Waals surface area contributed by atoms with Gasteiger partial charge in [0.2, 0.25) is 0 Å². The van der Waals surface area contributed by atoms with E-state index in [0.29, 0.717) is 12.2 Å². The zero-order valence-electron chi connectivity index (χ0n) is 15.2. The van der Waals surface area contributed by atoms with E-state index in [1.165, 1.54) is 12.1 Å². The molecule has 1 aliphatic rings. The monoisotopic (exact) mass is 424 g/mol. The Morgan fingerprint density at radius 3 is 2.43 bits per heavy atom. The second-order valence-corrected chi connectivity index (χ2v) is 8.99. The van der Waals surface area contributed by atoms with Gasteiger partial charge in [0.25, 0.3) is 0 Å². The summed E-state index contributed by atoms with van der Waals surface area (Å²) < 4.78 is 24.3. The molecule has 1 aromatic carbocycles. The minimum atomic E-state index is -3.68. The number of carbonyl (C=O) groups excluding carboxylic acids is 3. The van der Waals surface area contributed by atoms with Crippen LogP contribution in [0.4, 0.5) is 0 Å². The van der Waals surface area contributed by atoms with Crippen molar-refractivity contribution in [2.45, 2.75) is 37.6 Å². The molecule has 1 saturated carbocycles. The van der Waals surface area contributed by atoms with Crippen LogP contribution in [0.5, 0.6) is 0 Å². The van der Waals surface area contributed by atoms with Gasteiger partial charge in [-0.1, -0.05) is 11.6 Å². The first-order valence-electron chi connectivity index (χ1n) is 8.45. The molecular weight excluding hydrogens is 408 g/mol. The lowest BCUT2D eigenvalue weighted by molar-refractivity contribution is -0.133. The molecule has 0 N–H and O–H groups in total. The molecule has 0 atom stereocenters. The SMILES string of the molecule is Cc1nnn(Cc2c(S(C)(=O)=O)ccc(C(=O)C3C(=O)CCCC3=O)c2Cl)n1. The quantitative estimate of drug-likeness (QED) is 0.517. The minimum absolute atomic E-state index is 0.0745. The highest BCUT2D eigenvalue weighted by Gasteiger charge is 2.38. The first-order chi connectivity index (χ1) is 13.1. The predicted molar refractivity (Wildman–Crippen MR) is 97.9 cm³/mol. The number of Topliss-reactive ketones (excluding diaryl/α,β-unsaturated/α-hetero) is 3. The van der Waals surface area contributed by atoms with Gasteiger partial charge < -0.3 is 0 Å². The summed E-state index contributed by atoms with van der Waals surface area (Å²) in [6.07, 6.45) is 1.73. The fraction of sp³-hybridized carbons (Fsp3) is 0.412. The van der Waals surface area contributed by atoms with E-state index in [9.17, 15) is 22.8 Å². The molecular formula is C17H17ClN4O5S. The number of tetrazole rings is 1. The number of carbonyl (C=O) groups is 3. The average Bonchev–Trinajstić information content (AvgIpc) is 3.00. The van der Waals surface area contributed by atoms with Gasteiger partial charge in [-0.05, 0) is 30.7 Å². The molecule has 0 amide bonds. The van der Waals surface area contributed by atoms with Gasteiger partial charge in [-0.2, -0.15) is 4.80 Å². The number of hydrogen-bond acceptors (Lipinski definition) is 8. The molecule has 1 fully saturated rings. The molecule has 9 nitrogen and oxygen atoms in total. The van der Waals surface area contributed by atoms with Crippen molar-refractivity contribution in [3.63, 3.8) is 0 Å². The van der Waals surface area contributed by atoms with Crippen molar-refractivity contribution in [3.8, 4) is 0 Å². The smallest absolute Gasteiger partial charge is 0.182 e. The highest BCUT2D eigenvalue weighted by molar-refractivity contribution is 7.90. The third kappa shape index (κ3) is 3.88. The van der Waals surface area contributed by atoms with E-state index in [1.807, 2.05) is 0 Å². The Labute approximate surface area is 166 Å². The number of ketones is 3. The molecule has 0 radical (unpaired) electrons. The standard InChI is InChI=1S/C17H17ClN4O5S/c1-9-19-21-22(20-9)8-11-14(28(2,26)27)7-6-10(16(11)18)17(25)15-12(23)4-3-5-13(15)24/h6-7,15H,3-5,8H2,1-2H3. The van der Waals surface area contributed by atoms with E-state index in [2.05, 4.69) is 15.4 Å². The van der Waals surface area contributed by atoms with E-state index >= 15 is 0 Å². The highest BCUT2D eigenvalue weighted by atomic mass is 35.5.